The van der Waals surface area contributed by atoms with Crippen LogP contribution in [0.3, 0.4) is 0 Å². The van der Waals surface area contributed by atoms with Crippen LogP contribution < -0.4 is 14.5 Å². The molecule has 5 aromatic rings. The number of fused-ring (bicyclic) bond motifs is 2. The van der Waals surface area contributed by atoms with E-state index in [1.165, 1.54) is 0 Å². The first kappa shape index (κ1) is 36.1. The minimum Gasteiger partial charge on any atom is -0.497 e. The number of carbonyl (C=O) groups is 3. The van der Waals surface area contributed by atoms with Gasteiger partial charge in [-0.25, -0.2) is 0 Å². The van der Waals surface area contributed by atoms with Crippen molar-refractivity contribution < 1.29 is 29.0 Å². The van der Waals surface area contributed by atoms with Crippen molar-refractivity contribution in [3.05, 3.63) is 131 Å². The molecule has 4 aliphatic rings. The third-order valence-corrected chi connectivity index (χ3v) is 13.1. The van der Waals surface area contributed by atoms with Gasteiger partial charge >= 0.3 is 0 Å². The predicted molar refractivity (Wildman–Crippen MR) is 216 cm³/mol. The molecule has 9 heteroatoms. The summed E-state index contributed by atoms with van der Waals surface area (Å²) in [5.41, 5.74) is 4.07. The Bertz CT molecular complexity index is 2350. The molecule has 0 bridgehead atoms. The first-order valence-corrected chi connectivity index (χ1v) is 19.7. The number of hydrogen-bond donors (Lipinski definition) is 1. The number of hydrogen-bond acceptors (Lipinski definition) is 6. The average Bonchev–Trinajstić information content (AvgIpc) is 3.95. The summed E-state index contributed by atoms with van der Waals surface area (Å²) >= 11 is 0. The lowest BCUT2D eigenvalue weighted by molar-refractivity contribution is -0.150. The quantitative estimate of drug-likeness (QED) is 0.165. The highest BCUT2D eigenvalue weighted by Gasteiger charge is 2.66. The second-order valence-corrected chi connectivity index (χ2v) is 16.3. The Morgan fingerprint density at radius 3 is 2.36 bits per heavy atom. The molecule has 0 saturated carbocycles. The summed E-state index contributed by atoms with van der Waals surface area (Å²) < 4.78 is 12.6. The zero-order chi connectivity index (χ0) is 38.9. The van der Waals surface area contributed by atoms with Gasteiger partial charge in [0, 0.05) is 35.0 Å². The molecule has 286 valence electrons. The summed E-state index contributed by atoms with van der Waals surface area (Å²) in [7, 11) is 1.65. The number of carbonyl (C=O) groups excluding carboxylic acids is 3. The van der Waals surface area contributed by atoms with Crippen molar-refractivity contribution in [1.29, 1.82) is 0 Å². The minimum atomic E-state index is -1.32. The summed E-state index contributed by atoms with van der Waals surface area (Å²) in [5.74, 6) is -0.0382. The fourth-order valence-electron chi connectivity index (χ4n) is 10.4. The molecule has 9 nitrogen and oxygen atoms in total. The lowest BCUT2D eigenvalue weighted by Crippen LogP contribution is -2.45. The predicted octanol–water partition coefficient (Wildman–Crippen LogP) is 7.88. The van der Waals surface area contributed by atoms with E-state index in [4.69, 9.17) is 9.47 Å². The summed E-state index contributed by atoms with van der Waals surface area (Å²) in [6, 6.07) is 35.3. The number of nitrogens with zero attached hydrogens (tertiary/aromatic N) is 3. The second-order valence-electron chi connectivity index (χ2n) is 16.3. The highest BCUT2D eigenvalue weighted by atomic mass is 16.5. The van der Waals surface area contributed by atoms with Crippen LogP contribution in [0.1, 0.15) is 67.1 Å². The topological polar surface area (TPSA) is 99.6 Å². The van der Waals surface area contributed by atoms with E-state index in [-0.39, 0.29) is 48.6 Å². The van der Waals surface area contributed by atoms with E-state index in [0.29, 0.717) is 18.7 Å². The maximum Gasteiger partial charge on any atom is 0.264 e. The largest absolute Gasteiger partial charge is 0.497 e. The van der Waals surface area contributed by atoms with Crippen LogP contribution >= 0.6 is 0 Å². The number of methoxy groups -OCH3 is 1. The van der Waals surface area contributed by atoms with Gasteiger partial charge in [0.25, 0.3) is 11.8 Å². The van der Waals surface area contributed by atoms with Crippen molar-refractivity contribution >= 4 is 45.6 Å². The van der Waals surface area contributed by atoms with Gasteiger partial charge < -0.3 is 24.4 Å². The zero-order valence-electron chi connectivity index (χ0n) is 32.3. The Morgan fingerprint density at radius 2 is 1.62 bits per heavy atom. The van der Waals surface area contributed by atoms with Crippen LogP contribution in [0.15, 0.2) is 109 Å². The van der Waals surface area contributed by atoms with Gasteiger partial charge in [-0.1, -0.05) is 87.5 Å². The third kappa shape index (κ3) is 5.39. The van der Waals surface area contributed by atoms with Gasteiger partial charge in [-0.15, -0.1) is 0 Å². The Hall–Kier alpha value is -5.51. The summed E-state index contributed by atoms with van der Waals surface area (Å²) in [6.45, 7) is 7.30. The normalized spacial score (nSPS) is 24.2. The molecule has 5 aromatic carbocycles. The lowest BCUT2D eigenvalue weighted by atomic mass is 9.63. The fourth-order valence-corrected chi connectivity index (χ4v) is 10.4. The van der Waals surface area contributed by atoms with Crippen LogP contribution in [0.4, 0.5) is 17.1 Å². The van der Waals surface area contributed by atoms with E-state index in [9.17, 15) is 14.7 Å². The SMILES string of the molecule is COc1ccc(C(C)(C)[C@H]2[C@H](CC(=O)N3CCC[C@H]3CO)O[C@@]3(C(=O)N(Cc4ccc(N5C(=O)c6cccc7cccc5c67)cc4)c4ccccc43)[C@@H]2C)cc1. The molecule has 4 aliphatic heterocycles. The first-order valence-electron chi connectivity index (χ1n) is 19.7. The number of likely N-dealkylation sites (tertiary alicyclic amines) is 1. The van der Waals surface area contributed by atoms with E-state index in [1.54, 1.807) is 16.9 Å². The summed E-state index contributed by atoms with van der Waals surface area (Å²) in [4.78, 5) is 48.3. The molecular formula is C47H47N3O6. The van der Waals surface area contributed by atoms with Crippen molar-refractivity contribution in [2.24, 2.45) is 11.8 Å². The summed E-state index contributed by atoms with van der Waals surface area (Å²) in [5, 5.41) is 12.1. The minimum absolute atomic E-state index is 0.0562. The van der Waals surface area contributed by atoms with Crippen LogP contribution in [-0.2, 0) is 31.9 Å². The van der Waals surface area contributed by atoms with Crippen molar-refractivity contribution in [1.82, 2.24) is 4.90 Å². The Kier molecular flexibility index (Phi) is 8.78. The van der Waals surface area contributed by atoms with Crippen molar-refractivity contribution in [2.45, 2.75) is 69.7 Å². The maximum atomic E-state index is 15.2. The number of anilines is 3. The smallest absolute Gasteiger partial charge is 0.264 e. The number of rotatable bonds is 9. The number of amides is 3. The molecule has 3 amide bonds. The molecule has 0 unspecified atom stereocenters. The molecule has 1 spiro atoms. The Labute approximate surface area is 327 Å². The van der Waals surface area contributed by atoms with Crippen LogP contribution in [0.25, 0.3) is 10.8 Å². The Morgan fingerprint density at radius 1 is 0.911 bits per heavy atom. The van der Waals surface area contributed by atoms with Gasteiger partial charge in [-0.05, 0) is 77.2 Å². The number of aliphatic hydroxyl groups is 1. The molecule has 0 aromatic heterocycles. The van der Waals surface area contributed by atoms with Crippen molar-refractivity contribution in [3.63, 3.8) is 0 Å². The number of ether oxygens (including phenoxy) is 2. The van der Waals surface area contributed by atoms with Crippen LogP contribution in [0.5, 0.6) is 5.75 Å². The van der Waals surface area contributed by atoms with E-state index < -0.39 is 17.1 Å². The van der Waals surface area contributed by atoms with Crippen LogP contribution in [-0.4, -0.2) is 60.1 Å². The molecule has 4 heterocycles. The third-order valence-electron chi connectivity index (χ3n) is 13.1. The Balaban J connectivity index is 1.05. The van der Waals surface area contributed by atoms with Gasteiger partial charge in [-0.3, -0.25) is 19.3 Å². The van der Waals surface area contributed by atoms with E-state index in [1.807, 2.05) is 102 Å². The van der Waals surface area contributed by atoms with Gasteiger partial charge in [-0.2, -0.15) is 0 Å². The first-order chi connectivity index (χ1) is 27.1. The molecule has 2 fully saturated rings. The lowest BCUT2D eigenvalue weighted by Gasteiger charge is -2.39. The van der Waals surface area contributed by atoms with Crippen LogP contribution in [0.2, 0.25) is 0 Å². The molecule has 56 heavy (non-hydrogen) atoms. The van der Waals surface area contributed by atoms with Gasteiger partial charge in [0.2, 0.25) is 5.91 Å². The van der Waals surface area contributed by atoms with E-state index in [0.717, 1.165) is 63.1 Å². The van der Waals surface area contributed by atoms with Crippen molar-refractivity contribution in [3.8, 4) is 5.75 Å². The molecule has 1 N–H and O–H groups in total. The summed E-state index contributed by atoms with van der Waals surface area (Å²) in [6.07, 6.45) is 1.16. The standard InChI is InChI=1S/C47H47N3O6/c1-29-43(46(2,3)32-19-23-35(55-4)24-20-32)40(26-41(52)48-25-9-12-34(48)28-51)56-47(29)37-14-5-6-15-38(37)49(45(47)54)27-30-17-21-33(22-18-30)50-39-16-8-11-31-10-7-13-36(42(31)39)44(50)53/h5-8,10-11,13-24,29,34,40,43,51H,9,12,25-28H2,1-4H3/t29-,34+,40+,43-,47+/m1/s1. The molecule has 0 radical (unpaired) electrons. The molecule has 5 atom stereocenters. The average molecular weight is 750 g/mol. The van der Waals surface area contributed by atoms with Gasteiger partial charge in [0.15, 0.2) is 5.60 Å². The fraction of sp³-hybridized carbons (Fsp3) is 0.340. The van der Waals surface area contributed by atoms with Crippen LogP contribution in [0, 0.1) is 11.8 Å². The number of benzene rings is 5. The van der Waals surface area contributed by atoms with Gasteiger partial charge in [0.05, 0.1) is 55.8 Å². The maximum absolute atomic E-state index is 15.2. The van der Waals surface area contributed by atoms with Crippen molar-refractivity contribution in [2.75, 3.05) is 30.1 Å². The van der Waals surface area contributed by atoms with E-state index in [2.05, 4.69) is 32.9 Å². The van der Waals surface area contributed by atoms with Gasteiger partial charge in [0.1, 0.15) is 5.75 Å². The highest BCUT2D eigenvalue weighted by Crippen LogP contribution is 2.60. The monoisotopic (exact) mass is 749 g/mol. The molecule has 0 aliphatic carbocycles. The highest BCUT2D eigenvalue weighted by molar-refractivity contribution is 6.27. The molecule has 2 saturated heterocycles. The number of para-hydroxylation sites is 1. The zero-order valence-corrected chi connectivity index (χ0v) is 32.3. The number of aliphatic hydroxyl groups excluding tert-OH is 1. The molecule has 9 rings (SSSR count). The van der Waals surface area contributed by atoms with E-state index >= 15 is 4.79 Å². The molecular weight excluding hydrogens is 703 g/mol. The second kappa shape index (κ2) is 13.6.